The normalized spacial score (nSPS) is 10.5. The number of carbonyl (C=O) groups excluding carboxylic acids is 1. The minimum absolute atomic E-state index is 0.334. The summed E-state index contributed by atoms with van der Waals surface area (Å²) < 4.78 is 4.71. The molecule has 0 bridgehead atoms. The van der Waals surface area contributed by atoms with E-state index in [-0.39, 0.29) is 0 Å². The maximum absolute atomic E-state index is 10.8. The molecule has 0 fully saturated rings. The molecule has 0 saturated heterocycles. The number of aliphatic carboxylic acids is 1. The van der Waals surface area contributed by atoms with Gasteiger partial charge in [-0.25, -0.2) is 9.59 Å². The van der Waals surface area contributed by atoms with E-state index in [1.807, 2.05) is 15.7 Å². The summed E-state index contributed by atoms with van der Waals surface area (Å²) in [7, 11) is 4.03. The number of carbonyl (C=O) groups is 2. The summed E-state index contributed by atoms with van der Waals surface area (Å²) >= 11 is 0. The predicted molar refractivity (Wildman–Crippen MR) is 53.2 cm³/mol. The molecule has 1 N–H and O–H groups in total. The second-order valence-corrected chi connectivity index (χ2v) is 3.02. The minimum atomic E-state index is -1.15. The highest BCUT2D eigenvalue weighted by molar-refractivity contribution is 6.35. The van der Waals surface area contributed by atoms with Crippen molar-refractivity contribution < 1.29 is 19.4 Å². The number of hydrogen-bond acceptors (Lipinski definition) is 3. The smallest absolute Gasteiger partial charge is 0.331 e. The van der Waals surface area contributed by atoms with Crippen LogP contribution in [0.3, 0.4) is 0 Å². The predicted octanol–water partition coefficient (Wildman–Crippen LogP) is -1.43. The summed E-state index contributed by atoms with van der Waals surface area (Å²) in [5.41, 5.74) is 0.469. The molecule has 0 aliphatic heterocycles. The van der Waals surface area contributed by atoms with E-state index in [1.165, 1.54) is 0 Å². The molecular weight excluding hydrogens is 170 g/mol. The minimum Gasteiger partial charge on any atom is -0.478 e. The Morgan fingerprint density at radius 2 is 2.00 bits per heavy atom. The van der Waals surface area contributed by atoms with Gasteiger partial charge in [0, 0.05) is 12.2 Å². The second-order valence-electron chi connectivity index (χ2n) is 3.02. The van der Waals surface area contributed by atoms with E-state index in [0.29, 0.717) is 12.3 Å². The van der Waals surface area contributed by atoms with Gasteiger partial charge in [-0.15, -0.1) is 0 Å². The van der Waals surface area contributed by atoms with Crippen LogP contribution in [-0.4, -0.2) is 39.3 Å². The highest BCUT2D eigenvalue weighted by Gasteiger charge is 1.99. The van der Waals surface area contributed by atoms with Gasteiger partial charge in [0.25, 0.3) is 0 Å². The number of esters is 1. The number of ether oxygens (including phenoxy) is 1. The molecule has 0 aromatic heterocycles. The van der Waals surface area contributed by atoms with Crippen LogP contribution in [0.1, 0.15) is 6.42 Å². The standard InChI is InChI=1S/C7H12B2O4/c8-5(9)3-4-13-7(12)2-1-6(10)11/h1-2,5H,3-4,8-9H2,(H,10,11)/b2-1-. The molecule has 0 radical (unpaired) electrons. The highest BCUT2D eigenvalue weighted by atomic mass is 16.5. The van der Waals surface area contributed by atoms with Gasteiger partial charge in [-0.1, -0.05) is 5.72 Å². The van der Waals surface area contributed by atoms with Crippen molar-refractivity contribution in [2.45, 2.75) is 12.1 Å². The zero-order chi connectivity index (χ0) is 10.3. The molecule has 0 aliphatic carbocycles. The first-order valence-corrected chi connectivity index (χ1v) is 4.10. The second kappa shape index (κ2) is 6.34. The third-order valence-corrected chi connectivity index (χ3v) is 1.30. The van der Waals surface area contributed by atoms with Crippen LogP contribution in [0.4, 0.5) is 0 Å². The van der Waals surface area contributed by atoms with Gasteiger partial charge in [0.05, 0.1) is 22.3 Å². The largest absolute Gasteiger partial charge is 0.478 e. The van der Waals surface area contributed by atoms with Crippen molar-refractivity contribution in [2.75, 3.05) is 6.61 Å². The first kappa shape index (κ1) is 11.8. The number of carboxylic acids is 1. The Morgan fingerprint density at radius 1 is 1.38 bits per heavy atom. The first-order chi connectivity index (χ1) is 6.02. The van der Waals surface area contributed by atoms with Crippen molar-refractivity contribution in [2.24, 2.45) is 0 Å². The van der Waals surface area contributed by atoms with Gasteiger partial charge in [0.15, 0.2) is 0 Å². The maximum Gasteiger partial charge on any atom is 0.331 e. The van der Waals surface area contributed by atoms with Crippen LogP contribution in [-0.2, 0) is 14.3 Å². The third kappa shape index (κ3) is 8.72. The summed E-state index contributed by atoms with van der Waals surface area (Å²) in [5, 5.41) is 8.18. The molecule has 13 heavy (non-hydrogen) atoms. The fourth-order valence-corrected chi connectivity index (χ4v) is 0.583. The van der Waals surface area contributed by atoms with Crippen molar-refractivity contribution in [1.29, 1.82) is 0 Å². The van der Waals surface area contributed by atoms with E-state index >= 15 is 0 Å². The van der Waals surface area contributed by atoms with Crippen molar-refractivity contribution in [1.82, 2.24) is 0 Å². The molecule has 6 heteroatoms. The average molecular weight is 182 g/mol. The average Bonchev–Trinajstić information content (AvgIpc) is 2.00. The SMILES string of the molecule is BC(B)CCOC(=O)/C=C\C(=O)O. The third-order valence-electron chi connectivity index (χ3n) is 1.30. The van der Waals surface area contributed by atoms with Gasteiger partial charge >= 0.3 is 11.9 Å². The van der Waals surface area contributed by atoms with E-state index in [9.17, 15) is 9.59 Å². The molecule has 4 nitrogen and oxygen atoms in total. The Balaban J connectivity index is 3.58. The lowest BCUT2D eigenvalue weighted by Gasteiger charge is -2.03. The Kier molecular flexibility index (Phi) is 5.76. The monoisotopic (exact) mass is 182 g/mol. The van der Waals surface area contributed by atoms with Crippen molar-refractivity contribution >= 4 is 27.6 Å². The van der Waals surface area contributed by atoms with Gasteiger partial charge in [-0.05, 0) is 6.42 Å². The van der Waals surface area contributed by atoms with Crippen LogP contribution in [0.5, 0.6) is 0 Å². The fraction of sp³-hybridized carbons (Fsp3) is 0.429. The Hall–Kier alpha value is -1.19. The highest BCUT2D eigenvalue weighted by Crippen LogP contribution is 1.98. The lowest BCUT2D eigenvalue weighted by molar-refractivity contribution is -0.138. The summed E-state index contributed by atoms with van der Waals surface area (Å²) in [5.74, 6) is -1.76. The van der Waals surface area contributed by atoms with E-state index in [0.717, 1.165) is 18.6 Å². The van der Waals surface area contributed by atoms with Crippen molar-refractivity contribution in [3.8, 4) is 0 Å². The van der Waals surface area contributed by atoms with Crippen LogP contribution in [0.2, 0.25) is 5.72 Å². The molecule has 0 rings (SSSR count). The Labute approximate surface area is 78.8 Å². The molecule has 0 heterocycles. The summed E-state index contributed by atoms with van der Waals surface area (Å²) in [6.07, 6.45) is 2.45. The van der Waals surface area contributed by atoms with Crippen LogP contribution in [0, 0.1) is 0 Å². The number of hydrogen-bond donors (Lipinski definition) is 1. The van der Waals surface area contributed by atoms with E-state index in [2.05, 4.69) is 0 Å². The van der Waals surface area contributed by atoms with Gasteiger partial charge in [-0.3, -0.25) is 0 Å². The zero-order valence-corrected chi connectivity index (χ0v) is 7.82. The first-order valence-electron chi connectivity index (χ1n) is 4.10. The summed E-state index contributed by atoms with van der Waals surface area (Å²) in [4.78, 5) is 20.7. The maximum atomic E-state index is 10.8. The zero-order valence-electron chi connectivity index (χ0n) is 7.82. The van der Waals surface area contributed by atoms with Gasteiger partial charge in [-0.2, -0.15) is 0 Å². The van der Waals surface area contributed by atoms with Crippen molar-refractivity contribution in [3.63, 3.8) is 0 Å². The Bertz CT molecular complexity index is 213. The van der Waals surface area contributed by atoms with Crippen LogP contribution < -0.4 is 0 Å². The van der Waals surface area contributed by atoms with E-state index in [4.69, 9.17) is 9.84 Å². The van der Waals surface area contributed by atoms with Gasteiger partial charge < -0.3 is 9.84 Å². The molecule has 0 amide bonds. The lowest BCUT2D eigenvalue weighted by atomic mass is 9.69. The van der Waals surface area contributed by atoms with E-state index in [1.54, 1.807) is 0 Å². The lowest BCUT2D eigenvalue weighted by Crippen LogP contribution is -2.05. The van der Waals surface area contributed by atoms with Gasteiger partial charge in [0.1, 0.15) is 0 Å². The van der Waals surface area contributed by atoms with Crippen LogP contribution >= 0.6 is 0 Å². The molecule has 0 saturated carbocycles. The molecule has 0 aromatic carbocycles. The van der Waals surface area contributed by atoms with Crippen molar-refractivity contribution in [3.05, 3.63) is 12.2 Å². The van der Waals surface area contributed by atoms with E-state index < -0.39 is 11.9 Å². The quantitative estimate of drug-likeness (QED) is 0.321. The topological polar surface area (TPSA) is 63.6 Å². The molecule has 0 atom stereocenters. The van der Waals surface area contributed by atoms with Gasteiger partial charge in [0.2, 0.25) is 0 Å². The molecular formula is C7H12B2O4. The Morgan fingerprint density at radius 3 is 2.46 bits per heavy atom. The summed E-state index contributed by atoms with van der Waals surface area (Å²) in [6, 6.07) is 0. The molecule has 0 spiro atoms. The fourth-order valence-electron chi connectivity index (χ4n) is 0.583. The molecule has 70 valence electrons. The van der Waals surface area contributed by atoms with Crippen LogP contribution in [0.25, 0.3) is 0 Å². The number of rotatable bonds is 5. The summed E-state index contributed by atoms with van der Waals surface area (Å²) in [6.45, 7) is 0.334. The molecule has 0 unspecified atom stereocenters. The molecule has 0 aromatic rings. The number of carboxylic acid groups (broad SMARTS) is 1. The molecule has 0 aliphatic rings. The van der Waals surface area contributed by atoms with Crippen LogP contribution in [0.15, 0.2) is 12.2 Å².